The Bertz CT molecular complexity index is 2330. The molecule has 5 aromatic carbocycles. The van der Waals surface area contributed by atoms with Gasteiger partial charge in [0, 0.05) is 29.7 Å². The molecule has 1 heterocycles. The number of rotatable bonds is 7. The van der Waals surface area contributed by atoms with Crippen LogP contribution in [0.5, 0.6) is 86.2 Å². The molecule has 0 fully saturated rings. The first kappa shape index (κ1) is 36.7. The highest BCUT2D eigenvalue weighted by molar-refractivity contribution is 5.94. The minimum absolute atomic E-state index is 0.0852. The van der Waals surface area contributed by atoms with Crippen LogP contribution in [0.25, 0.3) is 0 Å². The van der Waals surface area contributed by atoms with Crippen molar-refractivity contribution in [1.82, 2.24) is 0 Å². The standard InChI is InChI=1S/C36H26O19/c37-18-1-12(2-19(38)29(18)45)33-28(55-36(51)15-7-24(43)32(48)25(44)8-15)11-17-26(53-33)9-16(52-34(49)13-3-20(39)30(46)21(40)4-13)10-27(17)54-35(50)14-5-22(41)31(47)23(42)6-14/h1-10,28,33,37-48H,11H2/t28?,33-/m1/s1. The molecule has 1 unspecified atom stereocenters. The SMILES string of the molecule is O=C(Oc1cc(OC(=O)c2cc(O)c(O)c(O)c2)c2c(c1)O[C@H](c1cc(O)c(O)c(O)c1)C(OC(=O)c1cc(O)c(O)c(O)c1)C2)c1cc(O)c(O)c(O)c1. The van der Waals surface area contributed by atoms with Crippen LogP contribution in [-0.2, 0) is 11.2 Å². The van der Waals surface area contributed by atoms with Crippen LogP contribution in [0.15, 0.2) is 60.7 Å². The Morgan fingerprint density at radius 3 is 1.31 bits per heavy atom. The monoisotopic (exact) mass is 762 g/mol. The average molecular weight is 763 g/mol. The minimum atomic E-state index is -1.52. The fourth-order valence-corrected chi connectivity index (χ4v) is 5.45. The van der Waals surface area contributed by atoms with Crippen LogP contribution in [-0.4, -0.2) is 85.3 Å². The smallest absolute Gasteiger partial charge is 0.343 e. The molecule has 0 aliphatic carbocycles. The highest BCUT2D eigenvalue weighted by Crippen LogP contribution is 2.47. The summed E-state index contributed by atoms with van der Waals surface area (Å²) in [6.45, 7) is 0. The van der Waals surface area contributed by atoms with Crippen molar-refractivity contribution in [3.8, 4) is 86.2 Å². The van der Waals surface area contributed by atoms with Crippen molar-refractivity contribution in [2.24, 2.45) is 0 Å². The van der Waals surface area contributed by atoms with Gasteiger partial charge in [0.05, 0.1) is 16.7 Å². The van der Waals surface area contributed by atoms with Crippen molar-refractivity contribution < 1.29 is 94.6 Å². The van der Waals surface area contributed by atoms with Crippen LogP contribution in [0.3, 0.4) is 0 Å². The number of hydrogen-bond donors (Lipinski definition) is 12. The molecule has 284 valence electrons. The fourth-order valence-electron chi connectivity index (χ4n) is 5.45. The molecule has 2 atom stereocenters. The molecule has 5 aromatic rings. The molecule has 12 N–H and O–H groups in total. The third-order valence-corrected chi connectivity index (χ3v) is 8.15. The van der Waals surface area contributed by atoms with Gasteiger partial charge in [-0.25, -0.2) is 14.4 Å². The van der Waals surface area contributed by atoms with Gasteiger partial charge in [0.2, 0.25) is 0 Å². The molecule has 0 saturated carbocycles. The lowest BCUT2D eigenvalue weighted by Crippen LogP contribution is -2.35. The quantitative estimate of drug-likeness (QED) is 0.0641. The molecule has 0 radical (unpaired) electrons. The van der Waals surface area contributed by atoms with E-state index in [2.05, 4.69) is 0 Å². The lowest BCUT2D eigenvalue weighted by atomic mass is 9.93. The van der Waals surface area contributed by atoms with E-state index in [1.165, 1.54) is 0 Å². The molecule has 0 bridgehead atoms. The predicted molar refractivity (Wildman–Crippen MR) is 178 cm³/mol. The number of hydrogen-bond acceptors (Lipinski definition) is 19. The van der Waals surface area contributed by atoms with E-state index in [4.69, 9.17) is 18.9 Å². The van der Waals surface area contributed by atoms with E-state index >= 15 is 0 Å². The zero-order valence-electron chi connectivity index (χ0n) is 27.4. The topological polar surface area (TPSA) is 331 Å². The van der Waals surface area contributed by atoms with E-state index in [0.717, 1.165) is 60.7 Å². The van der Waals surface area contributed by atoms with Crippen LogP contribution in [0, 0.1) is 0 Å². The molecule has 1 aliphatic heterocycles. The number of carbonyl (C=O) groups is 3. The Morgan fingerprint density at radius 1 is 0.491 bits per heavy atom. The average Bonchev–Trinajstić information content (AvgIpc) is 3.13. The Labute approximate surface area is 305 Å². The van der Waals surface area contributed by atoms with Gasteiger partial charge in [-0.3, -0.25) is 0 Å². The third kappa shape index (κ3) is 7.07. The molecular formula is C36H26O19. The van der Waals surface area contributed by atoms with Crippen molar-refractivity contribution in [3.05, 3.63) is 88.5 Å². The Hall–Kier alpha value is -8.09. The van der Waals surface area contributed by atoms with Crippen LogP contribution < -0.4 is 14.2 Å². The van der Waals surface area contributed by atoms with Crippen molar-refractivity contribution >= 4 is 17.9 Å². The number of esters is 3. The van der Waals surface area contributed by atoms with E-state index in [1.807, 2.05) is 0 Å². The van der Waals surface area contributed by atoms with Crippen LogP contribution in [0.2, 0.25) is 0 Å². The number of phenolic OH excluding ortho intramolecular Hbond substituents is 12. The first-order valence-corrected chi connectivity index (χ1v) is 15.4. The first-order chi connectivity index (χ1) is 25.9. The zero-order valence-corrected chi connectivity index (χ0v) is 27.4. The van der Waals surface area contributed by atoms with Crippen molar-refractivity contribution in [3.63, 3.8) is 0 Å². The summed E-state index contributed by atoms with van der Waals surface area (Å²) < 4.78 is 22.7. The van der Waals surface area contributed by atoms with Gasteiger partial charge in [-0.1, -0.05) is 0 Å². The van der Waals surface area contributed by atoms with E-state index in [-0.39, 0.29) is 16.9 Å². The maximum absolute atomic E-state index is 13.3. The van der Waals surface area contributed by atoms with Gasteiger partial charge in [-0.2, -0.15) is 0 Å². The van der Waals surface area contributed by atoms with Crippen molar-refractivity contribution in [1.29, 1.82) is 0 Å². The molecule has 55 heavy (non-hydrogen) atoms. The lowest BCUT2D eigenvalue weighted by molar-refractivity contribution is -0.0190. The molecule has 19 nitrogen and oxygen atoms in total. The van der Waals surface area contributed by atoms with E-state index in [9.17, 15) is 75.7 Å². The molecule has 0 aromatic heterocycles. The largest absolute Gasteiger partial charge is 0.504 e. The summed E-state index contributed by atoms with van der Waals surface area (Å²) in [7, 11) is 0. The Balaban J connectivity index is 1.46. The van der Waals surface area contributed by atoms with Crippen LogP contribution in [0.4, 0.5) is 0 Å². The molecule has 6 rings (SSSR count). The lowest BCUT2D eigenvalue weighted by Gasteiger charge is -2.34. The van der Waals surface area contributed by atoms with Crippen molar-refractivity contribution in [2.45, 2.75) is 18.6 Å². The van der Waals surface area contributed by atoms with Gasteiger partial charge < -0.3 is 80.2 Å². The van der Waals surface area contributed by atoms with Crippen LogP contribution >= 0.6 is 0 Å². The summed E-state index contributed by atoms with van der Waals surface area (Å²) in [5.74, 6) is -15.6. The number of ether oxygens (including phenoxy) is 4. The number of fused-ring (bicyclic) bond motifs is 1. The van der Waals surface area contributed by atoms with Gasteiger partial charge in [-0.15, -0.1) is 0 Å². The molecule has 1 aliphatic rings. The minimum Gasteiger partial charge on any atom is -0.504 e. The second kappa shape index (κ2) is 13.8. The van der Waals surface area contributed by atoms with Gasteiger partial charge >= 0.3 is 17.9 Å². The number of carbonyl (C=O) groups excluding carboxylic acids is 3. The number of benzene rings is 5. The maximum atomic E-state index is 13.3. The summed E-state index contributed by atoms with van der Waals surface area (Å²) in [4.78, 5) is 39.7. The van der Waals surface area contributed by atoms with E-state index < -0.39 is 134 Å². The summed E-state index contributed by atoms with van der Waals surface area (Å²) >= 11 is 0. The molecule has 19 heteroatoms. The van der Waals surface area contributed by atoms with Gasteiger partial charge in [0.1, 0.15) is 23.4 Å². The molecule has 0 saturated heterocycles. The fraction of sp³-hybridized carbons (Fsp3) is 0.0833. The van der Waals surface area contributed by atoms with Gasteiger partial charge in [0.25, 0.3) is 0 Å². The molecule has 0 spiro atoms. The van der Waals surface area contributed by atoms with Gasteiger partial charge in [-0.05, 0) is 48.5 Å². The molecular weight excluding hydrogens is 736 g/mol. The summed E-state index contributed by atoms with van der Waals surface area (Å²) in [5, 5.41) is 119. The highest BCUT2D eigenvalue weighted by Gasteiger charge is 2.38. The third-order valence-electron chi connectivity index (χ3n) is 8.15. The molecule has 0 amide bonds. The summed E-state index contributed by atoms with van der Waals surface area (Å²) in [6, 6.07) is 8.53. The first-order valence-electron chi connectivity index (χ1n) is 15.4. The second-order valence-corrected chi connectivity index (χ2v) is 11.9. The number of phenols is 12. The maximum Gasteiger partial charge on any atom is 0.343 e. The Kier molecular flexibility index (Phi) is 9.21. The summed E-state index contributed by atoms with van der Waals surface area (Å²) in [6.07, 6.45) is -3.50. The van der Waals surface area contributed by atoms with E-state index in [1.54, 1.807) is 0 Å². The van der Waals surface area contributed by atoms with Crippen LogP contribution in [0.1, 0.15) is 48.3 Å². The van der Waals surface area contributed by atoms with Crippen molar-refractivity contribution in [2.75, 3.05) is 0 Å². The zero-order chi connectivity index (χ0) is 40.0. The second-order valence-electron chi connectivity index (χ2n) is 11.9. The predicted octanol–water partition coefficient (Wildman–Crippen LogP) is 3.49. The number of aromatic hydroxyl groups is 12. The Morgan fingerprint density at radius 2 is 0.873 bits per heavy atom. The highest BCUT2D eigenvalue weighted by atomic mass is 16.6. The van der Waals surface area contributed by atoms with E-state index in [0.29, 0.717) is 0 Å². The summed E-state index contributed by atoms with van der Waals surface area (Å²) in [5.41, 5.74) is -1.65. The normalized spacial score (nSPS) is 14.6. The van der Waals surface area contributed by atoms with Gasteiger partial charge in [0.15, 0.2) is 75.1 Å².